The van der Waals surface area contributed by atoms with Gasteiger partial charge in [-0.05, 0) is 59.2 Å². The lowest BCUT2D eigenvalue weighted by atomic mass is 10.1. The predicted molar refractivity (Wildman–Crippen MR) is 108 cm³/mol. The van der Waals surface area contributed by atoms with Crippen LogP contribution in [-0.4, -0.2) is 31.6 Å². The first-order valence-corrected chi connectivity index (χ1v) is 9.69. The molecule has 7 heteroatoms. The molecule has 0 aliphatic carbocycles. The fourth-order valence-corrected chi connectivity index (χ4v) is 3.02. The van der Waals surface area contributed by atoms with E-state index in [0.29, 0.717) is 17.8 Å². The third-order valence-corrected chi connectivity index (χ3v) is 5.35. The normalized spacial score (nSPS) is 18.1. The lowest BCUT2D eigenvalue weighted by Gasteiger charge is -2.20. The Hall–Kier alpha value is -2.46. The molecule has 1 aliphatic rings. The summed E-state index contributed by atoms with van der Waals surface area (Å²) >= 11 is 0. The Kier molecular flexibility index (Phi) is 6.55. The van der Waals surface area contributed by atoms with Crippen molar-refractivity contribution in [2.45, 2.75) is 51.8 Å². The molecule has 0 fully saturated rings. The Morgan fingerprint density at radius 3 is 2.74 bits per heavy atom. The molecule has 0 spiro atoms. The number of nitrogens with zero attached hydrogens (tertiary/aromatic N) is 2. The Morgan fingerprint density at radius 1 is 1.41 bits per heavy atom. The number of rotatable bonds is 3. The molecule has 144 valence electrons. The first-order chi connectivity index (χ1) is 12.6. The number of carbonyl (C=O) groups is 1. The SMILES string of the molecule is CC#C[C@H]1CC=CN1C(=O)Nc1ccc(F)c(/C(C)=N/S(=O)C(C)(C)C)c1. The fraction of sp³-hybridized carbons (Fsp3) is 0.400. The molecule has 0 aromatic heterocycles. The molecule has 1 aliphatic heterocycles. The molecule has 0 radical (unpaired) electrons. The van der Waals surface area contributed by atoms with Gasteiger partial charge in [-0.15, -0.1) is 5.92 Å². The number of hydrogen-bond donors (Lipinski definition) is 1. The van der Waals surface area contributed by atoms with Crippen LogP contribution < -0.4 is 5.32 Å². The number of nitrogens with one attached hydrogen (secondary N) is 1. The minimum atomic E-state index is -1.50. The molecule has 2 rings (SSSR count). The van der Waals surface area contributed by atoms with Gasteiger partial charge >= 0.3 is 6.03 Å². The summed E-state index contributed by atoms with van der Waals surface area (Å²) in [5.41, 5.74) is 0.941. The number of carbonyl (C=O) groups excluding carboxylic acids is 1. The van der Waals surface area contributed by atoms with Crippen LogP contribution in [0.2, 0.25) is 0 Å². The molecule has 2 atom stereocenters. The van der Waals surface area contributed by atoms with Crippen molar-refractivity contribution in [2.75, 3.05) is 5.32 Å². The van der Waals surface area contributed by atoms with E-state index in [2.05, 4.69) is 21.6 Å². The van der Waals surface area contributed by atoms with Gasteiger partial charge in [-0.3, -0.25) is 4.90 Å². The van der Waals surface area contributed by atoms with Gasteiger partial charge in [0, 0.05) is 17.5 Å². The van der Waals surface area contributed by atoms with Crippen molar-refractivity contribution in [1.29, 1.82) is 0 Å². The fourth-order valence-electron chi connectivity index (χ4n) is 2.40. The van der Waals surface area contributed by atoms with Gasteiger partial charge in [0.2, 0.25) is 0 Å². The van der Waals surface area contributed by atoms with Crippen LogP contribution in [0.15, 0.2) is 34.9 Å². The van der Waals surface area contributed by atoms with Crippen LogP contribution in [-0.2, 0) is 11.0 Å². The third kappa shape index (κ3) is 5.27. The average molecular weight is 389 g/mol. The van der Waals surface area contributed by atoms with E-state index in [1.807, 2.05) is 6.08 Å². The Bertz CT molecular complexity index is 875. The average Bonchev–Trinajstić information content (AvgIpc) is 3.04. The largest absolute Gasteiger partial charge is 0.326 e. The maximum absolute atomic E-state index is 14.2. The Morgan fingerprint density at radius 2 is 2.11 bits per heavy atom. The summed E-state index contributed by atoms with van der Waals surface area (Å²) in [5.74, 6) is 5.30. The Balaban J connectivity index is 2.23. The van der Waals surface area contributed by atoms with Crippen molar-refractivity contribution in [1.82, 2.24) is 4.90 Å². The summed E-state index contributed by atoms with van der Waals surface area (Å²) in [7, 11) is -1.50. The summed E-state index contributed by atoms with van der Waals surface area (Å²) in [6.45, 7) is 8.72. The zero-order chi connectivity index (χ0) is 20.2. The molecule has 1 unspecified atom stereocenters. The first kappa shape index (κ1) is 20.8. The van der Waals surface area contributed by atoms with E-state index in [4.69, 9.17) is 0 Å². The Labute approximate surface area is 162 Å². The van der Waals surface area contributed by atoms with Gasteiger partial charge in [0.1, 0.15) is 22.8 Å². The molecule has 1 heterocycles. The van der Waals surface area contributed by atoms with Gasteiger partial charge < -0.3 is 5.32 Å². The third-order valence-electron chi connectivity index (χ3n) is 3.86. The summed E-state index contributed by atoms with van der Waals surface area (Å²) in [6.07, 6.45) is 4.24. The van der Waals surface area contributed by atoms with E-state index in [-0.39, 0.29) is 17.6 Å². The van der Waals surface area contributed by atoms with Crippen molar-refractivity contribution in [3.8, 4) is 11.8 Å². The van der Waals surface area contributed by atoms with Crippen LogP contribution in [0.25, 0.3) is 0 Å². The van der Waals surface area contributed by atoms with Crippen LogP contribution in [0.5, 0.6) is 0 Å². The molecular formula is C20H24FN3O2S. The molecule has 1 aromatic carbocycles. The molecule has 1 aromatic rings. The van der Waals surface area contributed by atoms with Gasteiger partial charge in [0.25, 0.3) is 0 Å². The second-order valence-corrected chi connectivity index (χ2v) is 9.01. The summed E-state index contributed by atoms with van der Waals surface area (Å²) in [5, 5.41) is 2.75. The standard InChI is InChI=1S/C20H24FN3O2S/c1-6-8-16-9-7-12-24(16)19(25)22-15-10-11-18(21)17(13-15)14(2)23-27(26)20(3,4)5/h7,10-13,16H,9H2,1-5H3,(H,22,25)/b23-14+/t16-,27?/m0/s1. The highest BCUT2D eigenvalue weighted by atomic mass is 32.2. The maximum Gasteiger partial charge on any atom is 0.326 e. The quantitative estimate of drug-likeness (QED) is 0.621. The highest BCUT2D eigenvalue weighted by Crippen LogP contribution is 2.20. The highest BCUT2D eigenvalue weighted by molar-refractivity contribution is 7.85. The van der Waals surface area contributed by atoms with Gasteiger partial charge in [-0.2, -0.15) is 4.40 Å². The number of amides is 2. The van der Waals surface area contributed by atoms with Crippen LogP contribution in [0.4, 0.5) is 14.9 Å². The van der Waals surface area contributed by atoms with Crippen LogP contribution >= 0.6 is 0 Å². The van der Waals surface area contributed by atoms with Gasteiger partial charge in [-0.1, -0.05) is 12.0 Å². The zero-order valence-corrected chi connectivity index (χ0v) is 17.0. The van der Waals surface area contributed by atoms with Crippen LogP contribution in [0.3, 0.4) is 0 Å². The van der Waals surface area contributed by atoms with E-state index in [9.17, 15) is 13.4 Å². The molecule has 2 amide bonds. The minimum absolute atomic E-state index is 0.201. The molecule has 27 heavy (non-hydrogen) atoms. The van der Waals surface area contributed by atoms with Crippen molar-refractivity contribution in [2.24, 2.45) is 4.40 Å². The second-order valence-electron chi connectivity index (χ2n) is 7.10. The molecule has 1 N–H and O–H groups in total. The van der Waals surface area contributed by atoms with Gasteiger partial charge in [-0.25, -0.2) is 13.4 Å². The number of urea groups is 1. The lowest BCUT2D eigenvalue weighted by Crippen LogP contribution is -2.35. The van der Waals surface area contributed by atoms with Crippen molar-refractivity contribution >= 4 is 28.4 Å². The number of benzene rings is 1. The predicted octanol–water partition coefficient (Wildman–Crippen LogP) is 4.24. The molecule has 0 bridgehead atoms. The molecule has 0 saturated heterocycles. The highest BCUT2D eigenvalue weighted by Gasteiger charge is 2.24. The minimum Gasteiger partial charge on any atom is -0.307 e. The summed E-state index contributed by atoms with van der Waals surface area (Å²) in [4.78, 5) is 14.0. The monoisotopic (exact) mass is 389 g/mol. The zero-order valence-electron chi connectivity index (χ0n) is 16.2. The van der Waals surface area contributed by atoms with Crippen LogP contribution in [0.1, 0.15) is 46.6 Å². The topological polar surface area (TPSA) is 61.8 Å². The first-order valence-electron chi connectivity index (χ1n) is 8.59. The maximum atomic E-state index is 14.2. The van der Waals surface area contributed by atoms with Crippen molar-refractivity contribution < 1.29 is 13.4 Å². The second kappa shape index (κ2) is 8.49. The number of hydrogen-bond acceptors (Lipinski definition) is 2. The van der Waals surface area contributed by atoms with Crippen molar-refractivity contribution in [3.05, 3.63) is 41.9 Å². The van der Waals surface area contributed by atoms with Crippen LogP contribution in [0, 0.1) is 17.7 Å². The van der Waals surface area contributed by atoms with Gasteiger partial charge in [0.15, 0.2) is 0 Å². The molecular weight excluding hydrogens is 365 g/mol. The van der Waals surface area contributed by atoms with Crippen molar-refractivity contribution in [3.63, 3.8) is 0 Å². The van der Waals surface area contributed by atoms with E-state index >= 15 is 0 Å². The number of halogens is 1. The number of anilines is 1. The summed E-state index contributed by atoms with van der Waals surface area (Å²) in [6, 6.07) is 3.68. The van der Waals surface area contributed by atoms with E-state index < -0.39 is 21.5 Å². The van der Waals surface area contributed by atoms with E-state index in [1.165, 1.54) is 23.1 Å². The van der Waals surface area contributed by atoms with E-state index in [1.54, 1.807) is 40.8 Å². The smallest absolute Gasteiger partial charge is 0.307 e. The van der Waals surface area contributed by atoms with Gasteiger partial charge in [0.05, 0.1) is 10.5 Å². The van der Waals surface area contributed by atoms with E-state index in [0.717, 1.165) is 0 Å². The summed E-state index contributed by atoms with van der Waals surface area (Å²) < 4.78 is 30.0. The molecule has 0 saturated carbocycles. The molecule has 5 nitrogen and oxygen atoms in total. The lowest BCUT2D eigenvalue weighted by molar-refractivity contribution is 0.225.